The van der Waals surface area contributed by atoms with Crippen molar-refractivity contribution in [1.29, 1.82) is 0 Å². The Morgan fingerprint density at radius 1 is 1.48 bits per heavy atom. The van der Waals surface area contributed by atoms with E-state index in [1.807, 2.05) is 0 Å². The minimum atomic E-state index is -0.607. The van der Waals surface area contributed by atoms with Gasteiger partial charge < -0.3 is 15.0 Å². The molecule has 2 rings (SSSR count). The van der Waals surface area contributed by atoms with Crippen molar-refractivity contribution in [2.75, 3.05) is 32.1 Å². The Hall–Kier alpha value is -2.22. The molecule has 0 amide bonds. The van der Waals surface area contributed by atoms with Gasteiger partial charge in [-0.1, -0.05) is 0 Å². The smallest absolute Gasteiger partial charge is 0.356 e. The summed E-state index contributed by atoms with van der Waals surface area (Å²) in [7, 11) is 3.02. The van der Waals surface area contributed by atoms with E-state index in [9.17, 15) is 14.9 Å². The van der Waals surface area contributed by atoms with Gasteiger partial charge >= 0.3 is 11.7 Å². The molecule has 0 spiro atoms. The SMILES string of the molecule is COC(=O)c1ccc([N+](=O)[O-])c(N(C)C2CCNCC2)n1. The molecule has 1 aromatic rings. The number of carbonyl (C=O) groups excluding carboxylic acids is 1. The Morgan fingerprint density at radius 3 is 2.71 bits per heavy atom. The number of nitro groups is 1. The summed E-state index contributed by atoms with van der Waals surface area (Å²) >= 11 is 0. The summed E-state index contributed by atoms with van der Waals surface area (Å²) < 4.78 is 4.62. The van der Waals surface area contributed by atoms with Gasteiger partial charge in [0, 0.05) is 19.2 Å². The van der Waals surface area contributed by atoms with Crippen LogP contribution in [0.2, 0.25) is 0 Å². The molecular weight excluding hydrogens is 276 g/mol. The summed E-state index contributed by atoms with van der Waals surface area (Å²) in [6.45, 7) is 1.72. The first kappa shape index (κ1) is 15.2. The highest BCUT2D eigenvalue weighted by molar-refractivity contribution is 5.88. The molecule has 0 bridgehead atoms. The third-order valence-electron chi connectivity index (χ3n) is 3.64. The van der Waals surface area contributed by atoms with Crippen LogP contribution in [0.15, 0.2) is 12.1 Å². The summed E-state index contributed by atoms with van der Waals surface area (Å²) in [5.74, 6) is -0.403. The number of esters is 1. The number of rotatable bonds is 4. The maximum Gasteiger partial charge on any atom is 0.356 e. The van der Waals surface area contributed by atoms with E-state index >= 15 is 0 Å². The fraction of sp³-hybridized carbons (Fsp3) is 0.538. The molecule has 1 N–H and O–H groups in total. The molecular formula is C13H18N4O4. The second kappa shape index (κ2) is 6.49. The Balaban J connectivity index is 2.37. The lowest BCUT2D eigenvalue weighted by molar-refractivity contribution is -0.384. The van der Waals surface area contributed by atoms with Crippen LogP contribution in [-0.2, 0) is 4.74 Å². The Morgan fingerprint density at radius 2 is 2.14 bits per heavy atom. The summed E-state index contributed by atoms with van der Waals surface area (Å²) in [4.78, 5) is 28.2. The average Bonchev–Trinajstić information content (AvgIpc) is 2.53. The first-order chi connectivity index (χ1) is 10.0. The summed E-state index contributed by atoms with van der Waals surface area (Å²) in [5, 5.41) is 14.4. The Kier molecular flexibility index (Phi) is 4.69. The van der Waals surface area contributed by atoms with E-state index in [2.05, 4.69) is 15.0 Å². The number of anilines is 1. The molecule has 0 aromatic carbocycles. The molecule has 1 fully saturated rings. The van der Waals surface area contributed by atoms with Crippen LogP contribution in [0.1, 0.15) is 23.3 Å². The molecule has 0 atom stereocenters. The number of methoxy groups -OCH3 is 1. The predicted octanol–water partition coefficient (Wildman–Crippen LogP) is 0.965. The van der Waals surface area contributed by atoms with E-state index in [0.717, 1.165) is 25.9 Å². The van der Waals surface area contributed by atoms with E-state index < -0.39 is 10.9 Å². The van der Waals surface area contributed by atoms with Crippen LogP contribution in [0, 0.1) is 10.1 Å². The van der Waals surface area contributed by atoms with Crippen LogP contribution in [0.5, 0.6) is 0 Å². The third-order valence-corrected chi connectivity index (χ3v) is 3.64. The third kappa shape index (κ3) is 3.27. The van der Waals surface area contributed by atoms with Crippen molar-refractivity contribution < 1.29 is 14.5 Å². The monoisotopic (exact) mass is 294 g/mol. The van der Waals surface area contributed by atoms with E-state index in [1.54, 1.807) is 11.9 Å². The van der Waals surface area contributed by atoms with E-state index in [4.69, 9.17) is 0 Å². The predicted molar refractivity (Wildman–Crippen MR) is 76.5 cm³/mol. The van der Waals surface area contributed by atoms with E-state index in [-0.39, 0.29) is 23.2 Å². The Labute approximate surface area is 122 Å². The van der Waals surface area contributed by atoms with Crippen molar-refractivity contribution in [1.82, 2.24) is 10.3 Å². The Bertz CT molecular complexity index is 543. The zero-order valence-electron chi connectivity index (χ0n) is 12.0. The number of hydrogen-bond acceptors (Lipinski definition) is 7. The summed E-state index contributed by atoms with van der Waals surface area (Å²) in [6.07, 6.45) is 1.75. The highest BCUT2D eigenvalue weighted by atomic mass is 16.6. The van der Waals surface area contributed by atoms with Gasteiger partial charge in [-0.2, -0.15) is 0 Å². The second-order valence-corrected chi connectivity index (χ2v) is 4.88. The molecule has 1 aliphatic rings. The minimum Gasteiger partial charge on any atom is -0.464 e. The molecule has 8 nitrogen and oxygen atoms in total. The highest BCUT2D eigenvalue weighted by Gasteiger charge is 2.27. The van der Waals surface area contributed by atoms with Crippen LogP contribution < -0.4 is 10.2 Å². The molecule has 0 radical (unpaired) electrons. The van der Waals surface area contributed by atoms with Crippen LogP contribution in [-0.4, -0.2) is 49.2 Å². The lowest BCUT2D eigenvalue weighted by Crippen LogP contribution is -2.41. The van der Waals surface area contributed by atoms with Crippen LogP contribution in [0.4, 0.5) is 11.5 Å². The van der Waals surface area contributed by atoms with Gasteiger partial charge in [0.05, 0.1) is 12.0 Å². The van der Waals surface area contributed by atoms with E-state index in [1.165, 1.54) is 19.2 Å². The van der Waals surface area contributed by atoms with Crippen LogP contribution in [0.25, 0.3) is 0 Å². The van der Waals surface area contributed by atoms with Gasteiger partial charge in [0.2, 0.25) is 5.82 Å². The highest BCUT2D eigenvalue weighted by Crippen LogP contribution is 2.28. The number of hydrogen-bond donors (Lipinski definition) is 1. The lowest BCUT2D eigenvalue weighted by Gasteiger charge is -2.32. The number of ether oxygens (including phenoxy) is 1. The van der Waals surface area contributed by atoms with Gasteiger partial charge in [0.25, 0.3) is 0 Å². The van der Waals surface area contributed by atoms with E-state index in [0.29, 0.717) is 0 Å². The second-order valence-electron chi connectivity index (χ2n) is 4.88. The number of nitrogens with one attached hydrogen (secondary N) is 1. The fourth-order valence-electron chi connectivity index (χ4n) is 2.43. The van der Waals surface area contributed by atoms with Crippen molar-refractivity contribution in [2.45, 2.75) is 18.9 Å². The zero-order valence-corrected chi connectivity index (χ0v) is 12.0. The van der Waals surface area contributed by atoms with Gasteiger partial charge in [-0.3, -0.25) is 10.1 Å². The van der Waals surface area contributed by atoms with Gasteiger partial charge in [-0.25, -0.2) is 9.78 Å². The molecule has 2 heterocycles. The first-order valence-corrected chi connectivity index (χ1v) is 6.72. The molecule has 114 valence electrons. The molecule has 1 saturated heterocycles. The zero-order chi connectivity index (χ0) is 15.4. The van der Waals surface area contributed by atoms with Gasteiger partial charge in [-0.15, -0.1) is 0 Å². The molecule has 1 aromatic heterocycles. The van der Waals surface area contributed by atoms with Gasteiger partial charge in [0.15, 0.2) is 5.69 Å². The molecule has 0 unspecified atom stereocenters. The topological polar surface area (TPSA) is 97.6 Å². The van der Waals surface area contributed by atoms with Crippen molar-refractivity contribution in [3.05, 3.63) is 27.9 Å². The van der Waals surface area contributed by atoms with Gasteiger partial charge in [-0.05, 0) is 32.0 Å². The molecule has 8 heteroatoms. The normalized spacial score (nSPS) is 15.5. The average molecular weight is 294 g/mol. The molecule has 1 aliphatic heterocycles. The maximum atomic E-state index is 11.6. The maximum absolute atomic E-state index is 11.6. The first-order valence-electron chi connectivity index (χ1n) is 6.72. The van der Waals surface area contributed by atoms with Crippen molar-refractivity contribution >= 4 is 17.5 Å². The number of aromatic nitrogens is 1. The largest absolute Gasteiger partial charge is 0.464 e. The van der Waals surface area contributed by atoms with Crippen molar-refractivity contribution in [3.63, 3.8) is 0 Å². The molecule has 21 heavy (non-hydrogen) atoms. The van der Waals surface area contributed by atoms with Crippen molar-refractivity contribution in [3.8, 4) is 0 Å². The quantitative estimate of drug-likeness (QED) is 0.502. The number of nitrogens with zero attached hydrogens (tertiary/aromatic N) is 3. The van der Waals surface area contributed by atoms with Gasteiger partial charge in [0.1, 0.15) is 0 Å². The standard InChI is InChI=1S/C13H18N4O4/c1-16(9-5-7-14-8-6-9)12-11(17(19)20)4-3-10(15-12)13(18)21-2/h3-4,9,14H,5-8H2,1-2H3. The van der Waals surface area contributed by atoms with Crippen molar-refractivity contribution in [2.24, 2.45) is 0 Å². The van der Waals surface area contributed by atoms with Crippen LogP contribution >= 0.6 is 0 Å². The number of piperidine rings is 1. The number of carbonyl (C=O) groups is 1. The van der Waals surface area contributed by atoms with Crippen LogP contribution in [0.3, 0.4) is 0 Å². The number of pyridine rings is 1. The fourth-order valence-corrected chi connectivity index (χ4v) is 2.43. The molecule has 0 saturated carbocycles. The summed E-state index contributed by atoms with van der Waals surface area (Å²) in [5.41, 5.74) is -0.0393. The lowest BCUT2D eigenvalue weighted by atomic mass is 10.1. The minimum absolute atomic E-state index is 0.0684. The molecule has 0 aliphatic carbocycles. The summed E-state index contributed by atoms with van der Waals surface area (Å²) in [6, 6.07) is 2.76.